The van der Waals surface area contributed by atoms with Gasteiger partial charge in [-0.2, -0.15) is 0 Å². The molecule has 0 aliphatic carbocycles. The second-order valence-electron chi connectivity index (χ2n) is 6.44. The molecular weight excluding hydrogens is 240 g/mol. The number of nitrogens with zero attached hydrogens (tertiary/aromatic N) is 3. The maximum Gasteiger partial charge on any atom is 0.223 e. The fourth-order valence-electron chi connectivity index (χ4n) is 2.49. The summed E-state index contributed by atoms with van der Waals surface area (Å²) in [5, 5.41) is 3.35. The van der Waals surface area contributed by atoms with E-state index in [1.165, 1.54) is 0 Å². The quantitative estimate of drug-likeness (QED) is 0.876. The molecule has 19 heavy (non-hydrogen) atoms. The fraction of sp³-hybridized carbons (Fsp3) is 0.714. The lowest BCUT2D eigenvalue weighted by molar-refractivity contribution is -0.136. The van der Waals surface area contributed by atoms with Gasteiger partial charge in [0.25, 0.3) is 0 Å². The number of hydrogen-bond acceptors (Lipinski definition) is 3. The van der Waals surface area contributed by atoms with Crippen LogP contribution in [0.3, 0.4) is 0 Å². The van der Waals surface area contributed by atoms with Crippen molar-refractivity contribution in [2.24, 2.45) is 12.5 Å². The zero-order valence-corrected chi connectivity index (χ0v) is 12.3. The number of piperazine rings is 1. The van der Waals surface area contributed by atoms with Crippen LogP contribution in [0.15, 0.2) is 12.4 Å². The third-order valence-electron chi connectivity index (χ3n) is 3.40. The maximum absolute atomic E-state index is 12.5. The van der Waals surface area contributed by atoms with Crippen molar-refractivity contribution in [3.8, 4) is 0 Å². The minimum atomic E-state index is 0.0220. The van der Waals surface area contributed by atoms with E-state index in [1.807, 2.05) is 22.7 Å². The average molecular weight is 264 g/mol. The van der Waals surface area contributed by atoms with Crippen LogP contribution in [0.5, 0.6) is 0 Å². The number of hydrogen-bond donors (Lipinski definition) is 1. The Morgan fingerprint density at radius 1 is 1.53 bits per heavy atom. The van der Waals surface area contributed by atoms with Crippen LogP contribution in [0.1, 0.15) is 39.1 Å². The predicted octanol–water partition coefficient (Wildman–Crippen LogP) is 1.33. The number of carbonyl (C=O) groups excluding carboxylic acids is 1. The van der Waals surface area contributed by atoms with Crippen LogP contribution >= 0.6 is 0 Å². The summed E-state index contributed by atoms with van der Waals surface area (Å²) in [6.07, 6.45) is 4.29. The van der Waals surface area contributed by atoms with Gasteiger partial charge in [-0.1, -0.05) is 20.8 Å². The number of rotatable bonds is 2. The summed E-state index contributed by atoms with van der Waals surface area (Å²) in [7, 11) is 1.98. The van der Waals surface area contributed by atoms with Gasteiger partial charge < -0.3 is 14.8 Å². The first-order chi connectivity index (χ1) is 8.88. The van der Waals surface area contributed by atoms with Crippen molar-refractivity contribution in [1.82, 2.24) is 19.8 Å². The second kappa shape index (κ2) is 5.33. The molecule has 1 N–H and O–H groups in total. The van der Waals surface area contributed by atoms with Crippen LogP contribution in [0.4, 0.5) is 0 Å². The summed E-state index contributed by atoms with van der Waals surface area (Å²) in [4.78, 5) is 18.9. The fourth-order valence-corrected chi connectivity index (χ4v) is 2.49. The van der Waals surface area contributed by atoms with Gasteiger partial charge in [0.2, 0.25) is 5.91 Å². The summed E-state index contributed by atoms with van der Waals surface area (Å²) in [5.41, 5.74) is 0.0220. The molecule has 0 saturated carbocycles. The summed E-state index contributed by atoms with van der Waals surface area (Å²) in [5.74, 6) is 1.18. The van der Waals surface area contributed by atoms with E-state index in [0.717, 1.165) is 25.5 Å². The summed E-state index contributed by atoms with van der Waals surface area (Å²) in [6, 6.07) is 0.0450. The maximum atomic E-state index is 12.5. The lowest BCUT2D eigenvalue weighted by atomic mass is 9.91. The third-order valence-corrected chi connectivity index (χ3v) is 3.40. The number of nitrogens with one attached hydrogen (secondary N) is 1. The molecule has 0 aromatic carbocycles. The number of aromatic nitrogens is 2. The Morgan fingerprint density at radius 3 is 2.84 bits per heavy atom. The molecule has 1 saturated heterocycles. The predicted molar refractivity (Wildman–Crippen MR) is 74.6 cm³/mol. The molecule has 1 amide bonds. The molecule has 1 fully saturated rings. The smallest absolute Gasteiger partial charge is 0.223 e. The SMILES string of the molecule is Cn1ccnc1C1CNCCN1C(=O)CC(C)(C)C. The summed E-state index contributed by atoms with van der Waals surface area (Å²) >= 11 is 0. The van der Waals surface area contributed by atoms with E-state index in [4.69, 9.17) is 0 Å². The topological polar surface area (TPSA) is 50.2 Å². The molecule has 5 heteroatoms. The molecule has 5 nitrogen and oxygen atoms in total. The molecule has 2 heterocycles. The van der Waals surface area contributed by atoms with E-state index in [-0.39, 0.29) is 17.4 Å². The first kappa shape index (κ1) is 14.1. The van der Waals surface area contributed by atoms with Crippen LogP contribution < -0.4 is 5.32 Å². The van der Waals surface area contributed by atoms with Gasteiger partial charge in [-0.25, -0.2) is 4.98 Å². The molecule has 0 spiro atoms. The molecule has 1 aliphatic heterocycles. The number of carbonyl (C=O) groups is 1. The van der Waals surface area contributed by atoms with Crippen molar-refractivity contribution in [2.45, 2.75) is 33.2 Å². The number of aryl methyl sites for hydroxylation is 1. The van der Waals surface area contributed by atoms with Gasteiger partial charge in [-0.05, 0) is 5.41 Å². The highest BCUT2D eigenvalue weighted by Crippen LogP contribution is 2.26. The molecule has 0 radical (unpaired) electrons. The Hall–Kier alpha value is -1.36. The van der Waals surface area contributed by atoms with Crippen molar-refractivity contribution in [2.75, 3.05) is 19.6 Å². The standard InChI is InChI=1S/C14H24N4O/c1-14(2,3)9-12(19)18-8-5-15-10-11(18)13-16-6-7-17(13)4/h6-7,11,15H,5,8-10H2,1-4H3. The first-order valence-corrected chi connectivity index (χ1v) is 6.86. The molecule has 0 bridgehead atoms. The minimum Gasteiger partial charge on any atom is -0.336 e. The molecule has 1 aromatic heterocycles. The lowest BCUT2D eigenvalue weighted by Crippen LogP contribution is -2.50. The van der Waals surface area contributed by atoms with E-state index in [2.05, 4.69) is 31.1 Å². The molecule has 106 valence electrons. The van der Waals surface area contributed by atoms with Gasteiger partial charge in [0.1, 0.15) is 11.9 Å². The highest BCUT2D eigenvalue weighted by atomic mass is 16.2. The van der Waals surface area contributed by atoms with E-state index >= 15 is 0 Å². The zero-order chi connectivity index (χ0) is 14.0. The van der Waals surface area contributed by atoms with Crippen molar-refractivity contribution >= 4 is 5.91 Å². The van der Waals surface area contributed by atoms with Crippen molar-refractivity contribution in [1.29, 1.82) is 0 Å². The highest BCUT2D eigenvalue weighted by Gasteiger charge is 2.31. The largest absolute Gasteiger partial charge is 0.336 e. The van der Waals surface area contributed by atoms with Crippen LogP contribution in [0.2, 0.25) is 0 Å². The molecule has 1 aromatic rings. The molecule has 1 atom stereocenters. The zero-order valence-electron chi connectivity index (χ0n) is 12.3. The van der Waals surface area contributed by atoms with E-state index in [1.54, 1.807) is 6.20 Å². The van der Waals surface area contributed by atoms with E-state index in [9.17, 15) is 4.79 Å². The minimum absolute atomic E-state index is 0.0220. The van der Waals surface area contributed by atoms with Crippen LogP contribution in [-0.2, 0) is 11.8 Å². The van der Waals surface area contributed by atoms with Crippen molar-refractivity contribution in [3.05, 3.63) is 18.2 Å². The Morgan fingerprint density at radius 2 is 2.26 bits per heavy atom. The Balaban J connectivity index is 2.17. The molecule has 2 rings (SSSR count). The van der Waals surface area contributed by atoms with Crippen LogP contribution in [0.25, 0.3) is 0 Å². The average Bonchev–Trinajstić information content (AvgIpc) is 2.73. The Labute approximate surface area is 115 Å². The van der Waals surface area contributed by atoms with Gasteiger partial charge in [0.05, 0.1) is 0 Å². The van der Waals surface area contributed by atoms with Crippen molar-refractivity contribution < 1.29 is 4.79 Å². The monoisotopic (exact) mass is 264 g/mol. The highest BCUT2D eigenvalue weighted by molar-refractivity contribution is 5.77. The van der Waals surface area contributed by atoms with Gasteiger partial charge >= 0.3 is 0 Å². The summed E-state index contributed by atoms with van der Waals surface area (Å²) in [6.45, 7) is 8.69. The van der Waals surface area contributed by atoms with Crippen molar-refractivity contribution in [3.63, 3.8) is 0 Å². The van der Waals surface area contributed by atoms with Crippen LogP contribution in [0, 0.1) is 5.41 Å². The lowest BCUT2D eigenvalue weighted by Gasteiger charge is -2.37. The van der Waals surface area contributed by atoms with E-state index in [0.29, 0.717) is 6.42 Å². The van der Waals surface area contributed by atoms with Crippen LogP contribution in [-0.4, -0.2) is 40.0 Å². The summed E-state index contributed by atoms with van der Waals surface area (Å²) < 4.78 is 2.00. The second-order valence-corrected chi connectivity index (χ2v) is 6.44. The molecule has 1 aliphatic rings. The molecular formula is C14H24N4O. The van der Waals surface area contributed by atoms with E-state index < -0.39 is 0 Å². The van der Waals surface area contributed by atoms with Gasteiger partial charge in [0.15, 0.2) is 0 Å². The Bertz CT molecular complexity index is 447. The third kappa shape index (κ3) is 3.35. The van der Waals surface area contributed by atoms with Gasteiger partial charge in [-0.3, -0.25) is 4.79 Å². The normalized spacial score (nSPS) is 20.6. The number of amides is 1. The van der Waals surface area contributed by atoms with Gasteiger partial charge in [0, 0.05) is 45.5 Å². The molecule has 1 unspecified atom stereocenters. The first-order valence-electron chi connectivity index (χ1n) is 6.86. The Kier molecular flexibility index (Phi) is 3.94. The van der Waals surface area contributed by atoms with Gasteiger partial charge in [-0.15, -0.1) is 0 Å². The number of imidazole rings is 1.